The number of hydrogen-bond donors (Lipinski definition) is 7. The van der Waals surface area contributed by atoms with Crippen LogP contribution in [0.15, 0.2) is 72.8 Å². The maximum atomic E-state index is 13.3. The van der Waals surface area contributed by atoms with Gasteiger partial charge in [-0.3, -0.25) is 10.6 Å². The van der Waals surface area contributed by atoms with Crippen molar-refractivity contribution in [1.29, 1.82) is 0 Å². The Morgan fingerprint density at radius 1 is 0.822 bits per heavy atom. The lowest BCUT2D eigenvalue weighted by Crippen LogP contribution is -2.69. The highest BCUT2D eigenvalue weighted by atomic mass is 16.5. The first-order valence-electron chi connectivity index (χ1n) is 26.8. The Bertz CT molecular complexity index is 2860. The van der Waals surface area contributed by atoms with E-state index in [9.17, 15) is 25.5 Å². The number of rotatable bonds is 13. The molecule has 0 aromatic heterocycles. The van der Waals surface area contributed by atoms with Gasteiger partial charge in [0.2, 0.25) is 0 Å². The molecular weight excluding hydrogens is 925 g/mol. The zero-order valence-corrected chi connectivity index (χ0v) is 42.0. The Morgan fingerprint density at radius 2 is 1.66 bits per heavy atom. The lowest BCUT2D eigenvalue weighted by Gasteiger charge is -2.50. The summed E-state index contributed by atoms with van der Waals surface area (Å²) in [5.74, 6) is 8.40. The van der Waals surface area contributed by atoms with E-state index in [-0.39, 0.29) is 60.8 Å². The third kappa shape index (κ3) is 9.90. The largest absolute Gasteiger partial charge is 0.508 e. The summed E-state index contributed by atoms with van der Waals surface area (Å²) in [7, 11) is 1.69. The van der Waals surface area contributed by atoms with E-state index in [2.05, 4.69) is 22.5 Å². The number of phenols is 3. The van der Waals surface area contributed by atoms with Crippen LogP contribution >= 0.6 is 0 Å². The minimum Gasteiger partial charge on any atom is -0.508 e. The van der Waals surface area contributed by atoms with Crippen molar-refractivity contribution in [3.8, 4) is 63.2 Å². The van der Waals surface area contributed by atoms with Gasteiger partial charge in [0.05, 0.1) is 42.6 Å². The Kier molecular flexibility index (Phi) is 14.4. The molecule has 6 aliphatic rings. The van der Waals surface area contributed by atoms with Gasteiger partial charge < -0.3 is 54.0 Å². The molecule has 2 bridgehead atoms. The fourth-order valence-electron chi connectivity index (χ4n) is 13.0. The van der Waals surface area contributed by atoms with Crippen molar-refractivity contribution in [3.05, 3.63) is 101 Å². The van der Waals surface area contributed by atoms with Gasteiger partial charge in [0.15, 0.2) is 0 Å². The molecule has 0 amide bonds. The molecule has 2 saturated carbocycles. The Morgan fingerprint density at radius 3 is 2.45 bits per heavy atom. The van der Waals surface area contributed by atoms with Gasteiger partial charge in [-0.15, -0.1) is 0 Å². The fourth-order valence-corrected chi connectivity index (χ4v) is 13.0. The van der Waals surface area contributed by atoms with E-state index in [1.165, 1.54) is 0 Å². The van der Waals surface area contributed by atoms with Crippen LogP contribution in [0.25, 0.3) is 21.9 Å². The third-order valence-electron chi connectivity index (χ3n) is 16.6. The van der Waals surface area contributed by atoms with E-state index < -0.39 is 36.3 Å². The summed E-state index contributed by atoms with van der Waals surface area (Å²) in [4.78, 5) is 0. The third-order valence-corrected chi connectivity index (χ3v) is 16.6. The highest BCUT2D eigenvalue weighted by Gasteiger charge is 2.52. The molecule has 4 aliphatic heterocycles. The van der Waals surface area contributed by atoms with E-state index >= 15 is 0 Å². The molecule has 7 N–H and O–H groups in total. The van der Waals surface area contributed by atoms with Gasteiger partial charge in [-0.2, -0.15) is 0 Å². The lowest BCUT2D eigenvalue weighted by atomic mass is 9.72. The van der Waals surface area contributed by atoms with Gasteiger partial charge in [-0.25, -0.2) is 0 Å². The number of aromatic hydroxyl groups is 3. The summed E-state index contributed by atoms with van der Waals surface area (Å²) >= 11 is 0. The van der Waals surface area contributed by atoms with Crippen LogP contribution in [-0.2, 0) is 22.3 Å². The summed E-state index contributed by atoms with van der Waals surface area (Å²) in [5.41, 5.74) is 5.24. The molecule has 4 heterocycles. The van der Waals surface area contributed by atoms with Gasteiger partial charge in [-0.1, -0.05) is 43.7 Å². The predicted molar refractivity (Wildman–Crippen MR) is 277 cm³/mol. The number of fused-ring (bicyclic) bond motifs is 6. The zero-order valence-electron chi connectivity index (χ0n) is 42.0. The first-order valence-corrected chi connectivity index (χ1v) is 26.8. The number of phenolic OH excluding ortho intramolecular Hbond substituents is 3. The quantitative estimate of drug-likeness (QED) is 0.0439. The summed E-state index contributed by atoms with van der Waals surface area (Å²) in [6.45, 7) is 3.30. The molecule has 5 aromatic rings. The molecule has 8 atom stereocenters. The second kappa shape index (κ2) is 21.3. The molecule has 5 aromatic carbocycles. The molecule has 1 saturated heterocycles. The minimum absolute atomic E-state index is 0.0363. The highest BCUT2D eigenvalue weighted by Crippen LogP contribution is 2.56. The standard InChI is InChI=1S/C60H70N2O11/c1-3-35-28-45(36-11-8-13-40(64)26-36)38(29-50(35)66)25-39-27-43(71-42-14-4-5-15-42)31-47-56(67)49(34-70-57(39)47)54-51(16-10-23-68-2)72-58-44-18-17-41(65)30-46(44)53-32-48(58)59(54)73-52(19-22-63)55-37(12-9-24-69-53)33-61-60(62-55)20-6-7-21-60/h8,11,13,17-18,26-32,37,42,49,51-52,54-56,59,61-67H,3-7,10,14-16,19-25,33-34H2,1-2H3. The average Bonchev–Trinajstić information content (AvgIpc) is 4.08. The number of aliphatic hydroxyl groups is 2. The smallest absolute Gasteiger partial charge is 0.149 e. The number of benzene rings is 5. The average molecular weight is 995 g/mol. The number of aliphatic hydroxyl groups excluding tert-OH is 2. The predicted octanol–water partition coefficient (Wildman–Crippen LogP) is 9.30. The summed E-state index contributed by atoms with van der Waals surface area (Å²) in [6, 6.07) is 21.9. The Hall–Kier alpha value is -5.72. The van der Waals surface area contributed by atoms with Crippen LogP contribution < -0.4 is 29.6 Å². The number of aryl methyl sites for hydroxylation is 1. The fraction of sp³-hybridized carbons (Fsp3) is 0.500. The zero-order chi connectivity index (χ0) is 50.2. The summed E-state index contributed by atoms with van der Waals surface area (Å²) in [5, 5.41) is 66.3. The number of nitrogens with one attached hydrogen (secondary N) is 2. The normalized spacial score (nSPS) is 26.3. The van der Waals surface area contributed by atoms with Crippen LogP contribution in [0.5, 0.6) is 40.2 Å². The van der Waals surface area contributed by atoms with Crippen LogP contribution in [0, 0.1) is 29.6 Å². The van der Waals surface area contributed by atoms with Crippen LogP contribution in [0.4, 0.5) is 0 Å². The minimum atomic E-state index is -1.07. The summed E-state index contributed by atoms with van der Waals surface area (Å²) in [6.07, 6.45) is 8.08. The van der Waals surface area contributed by atoms with E-state index in [0.717, 1.165) is 90.1 Å². The molecule has 13 heteroatoms. The maximum absolute atomic E-state index is 13.3. The molecule has 73 heavy (non-hydrogen) atoms. The van der Waals surface area contributed by atoms with Crippen LogP contribution in [0.3, 0.4) is 0 Å². The van der Waals surface area contributed by atoms with Crippen LogP contribution in [0.2, 0.25) is 0 Å². The topological polar surface area (TPSA) is 181 Å². The number of hydrogen-bond acceptors (Lipinski definition) is 13. The van der Waals surface area contributed by atoms with Gasteiger partial charge in [0.25, 0.3) is 0 Å². The van der Waals surface area contributed by atoms with E-state index in [1.54, 1.807) is 31.4 Å². The molecule has 8 unspecified atom stereocenters. The van der Waals surface area contributed by atoms with Crippen LogP contribution in [0.1, 0.15) is 118 Å². The molecule has 2 aliphatic carbocycles. The van der Waals surface area contributed by atoms with Gasteiger partial charge in [0, 0.05) is 78.6 Å². The van der Waals surface area contributed by atoms with Crippen molar-refractivity contribution in [2.24, 2.45) is 17.8 Å². The lowest BCUT2D eigenvalue weighted by molar-refractivity contribution is -0.148. The van der Waals surface area contributed by atoms with Gasteiger partial charge in [-0.05, 0) is 147 Å². The van der Waals surface area contributed by atoms with Crippen LogP contribution in [-0.4, -0.2) is 95.6 Å². The van der Waals surface area contributed by atoms with Gasteiger partial charge in [0.1, 0.15) is 53.0 Å². The summed E-state index contributed by atoms with van der Waals surface area (Å²) < 4.78 is 41.0. The molecule has 3 fully saturated rings. The molecule has 1 spiro atoms. The maximum Gasteiger partial charge on any atom is 0.149 e. The van der Waals surface area contributed by atoms with Crippen molar-refractivity contribution < 1.29 is 54.0 Å². The van der Waals surface area contributed by atoms with Crippen molar-refractivity contribution in [2.75, 3.05) is 40.1 Å². The Balaban J connectivity index is 1.05. The first-order chi connectivity index (χ1) is 35.6. The number of methoxy groups -OCH3 is 1. The Labute approximate surface area is 428 Å². The van der Waals surface area contributed by atoms with Crippen molar-refractivity contribution in [3.63, 3.8) is 0 Å². The molecule has 13 nitrogen and oxygen atoms in total. The van der Waals surface area contributed by atoms with E-state index in [0.29, 0.717) is 79.2 Å². The molecular formula is C60H70N2O11. The second-order valence-electron chi connectivity index (χ2n) is 21.2. The second-order valence-corrected chi connectivity index (χ2v) is 21.2. The molecule has 386 valence electrons. The van der Waals surface area contributed by atoms with Crippen molar-refractivity contribution in [1.82, 2.24) is 10.6 Å². The van der Waals surface area contributed by atoms with Crippen molar-refractivity contribution >= 4 is 10.8 Å². The first kappa shape index (κ1) is 49.5. The molecule has 0 radical (unpaired) electrons. The SMILES string of the molecule is CCc1cc(-c2cccc(O)c2)c(Cc2cc(OC3CCCC3)cc3c2OCC(C2C(CCCOC)Oc4c5cc(c6cc(O)ccc46)OCC#CC4CNC6(CCCC6)NC4C(CCO)OC52)C3O)cc1O. The number of ether oxygens (including phenoxy) is 6. The molecule has 11 rings (SSSR count). The van der Waals surface area contributed by atoms with Gasteiger partial charge >= 0.3 is 0 Å². The van der Waals surface area contributed by atoms with E-state index in [4.69, 9.17) is 28.4 Å². The monoisotopic (exact) mass is 994 g/mol. The van der Waals surface area contributed by atoms with Crippen molar-refractivity contribution in [2.45, 2.75) is 133 Å². The van der Waals surface area contributed by atoms with E-state index in [1.807, 2.05) is 55.5 Å². The highest BCUT2D eigenvalue weighted by molar-refractivity contribution is 5.96.